The van der Waals surface area contributed by atoms with E-state index in [9.17, 15) is 9.59 Å². The topological polar surface area (TPSA) is 43.4 Å². The standard InChI is InChI=1S/C7H10O3/c1-4-6(5(2)8)3-10-7(4)9/h4,6H,3H2,1-2H3/t4-,6+/m0/s1. The highest BCUT2D eigenvalue weighted by Gasteiger charge is 2.35. The Morgan fingerprint density at radius 3 is 2.50 bits per heavy atom. The molecule has 10 heavy (non-hydrogen) atoms. The Hall–Kier alpha value is -0.860. The highest BCUT2D eigenvalue weighted by molar-refractivity contribution is 5.87. The van der Waals surface area contributed by atoms with Crippen molar-refractivity contribution in [3.8, 4) is 0 Å². The van der Waals surface area contributed by atoms with Crippen LogP contribution in [0.15, 0.2) is 0 Å². The maximum atomic E-state index is 10.8. The highest BCUT2D eigenvalue weighted by atomic mass is 16.5. The van der Waals surface area contributed by atoms with Crippen molar-refractivity contribution in [2.45, 2.75) is 13.8 Å². The minimum Gasteiger partial charge on any atom is -0.465 e. The molecule has 0 aromatic rings. The lowest BCUT2D eigenvalue weighted by atomic mass is 9.94. The van der Waals surface area contributed by atoms with Crippen molar-refractivity contribution in [1.82, 2.24) is 0 Å². The second-order valence-corrected chi connectivity index (χ2v) is 2.64. The van der Waals surface area contributed by atoms with Gasteiger partial charge in [-0.15, -0.1) is 0 Å². The average Bonchev–Trinajstić information content (AvgIpc) is 2.14. The zero-order valence-electron chi connectivity index (χ0n) is 6.09. The molecule has 1 aliphatic rings. The first-order chi connectivity index (χ1) is 4.63. The molecule has 0 unspecified atom stereocenters. The van der Waals surface area contributed by atoms with Crippen LogP contribution in [-0.2, 0) is 14.3 Å². The lowest BCUT2D eigenvalue weighted by Gasteiger charge is -2.03. The van der Waals surface area contributed by atoms with Crippen molar-refractivity contribution < 1.29 is 14.3 Å². The number of ether oxygens (including phenoxy) is 1. The van der Waals surface area contributed by atoms with Crippen LogP contribution in [0.2, 0.25) is 0 Å². The normalized spacial score (nSPS) is 32.0. The van der Waals surface area contributed by atoms with E-state index in [1.807, 2.05) is 0 Å². The van der Waals surface area contributed by atoms with Crippen molar-refractivity contribution in [3.05, 3.63) is 0 Å². The summed E-state index contributed by atoms with van der Waals surface area (Å²) in [7, 11) is 0. The number of carbonyl (C=O) groups excluding carboxylic acids is 2. The van der Waals surface area contributed by atoms with Crippen LogP contribution in [0.25, 0.3) is 0 Å². The fraction of sp³-hybridized carbons (Fsp3) is 0.714. The van der Waals surface area contributed by atoms with Gasteiger partial charge in [0.05, 0.1) is 11.8 Å². The maximum Gasteiger partial charge on any atom is 0.309 e. The quantitative estimate of drug-likeness (QED) is 0.497. The van der Waals surface area contributed by atoms with Gasteiger partial charge in [0.2, 0.25) is 0 Å². The number of ketones is 1. The molecule has 0 N–H and O–H groups in total. The minimum absolute atomic E-state index is 0.0401. The molecule has 0 spiro atoms. The van der Waals surface area contributed by atoms with Gasteiger partial charge in [0.1, 0.15) is 12.4 Å². The summed E-state index contributed by atoms with van der Waals surface area (Å²) in [6.45, 7) is 3.49. The predicted molar refractivity (Wildman–Crippen MR) is 34.3 cm³/mol. The van der Waals surface area contributed by atoms with E-state index in [4.69, 9.17) is 0 Å². The molecule has 1 heterocycles. The summed E-state index contributed by atoms with van der Waals surface area (Å²) in [5.74, 6) is -0.649. The van der Waals surface area contributed by atoms with Gasteiger partial charge >= 0.3 is 5.97 Å². The SMILES string of the molecule is CC(=O)[C@@H]1COC(=O)[C@H]1C. The van der Waals surface area contributed by atoms with Gasteiger partial charge in [0, 0.05) is 0 Å². The van der Waals surface area contributed by atoms with Crippen LogP contribution in [0.5, 0.6) is 0 Å². The fourth-order valence-electron chi connectivity index (χ4n) is 1.08. The molecule has 0 saturated carbocycles. The first-order valence-corrected chi connectivity index (χ1v) is 3.30. The fourth-order valence-corrected chi connectivity index (χ4v) is 1.08. The number of rotatable bonds is 1. The Kier molecular flexibility index (Phi) is 1.74. The van der Waals surface area contributed by atoms with Crippen molar-refractivity contribution in [2.24, 2.45) is 11.8 Å². The van der Waals surface area contributed by atoms with Crippen LogP contribution in [-0.4, -0.2) is 18.4 Å². The lowest BCUT2D eigenvalue weighted by molar-refractivity contribution is -0.141. The molecule has 0 aromatic carbocycles. The molecule has 0 bridgehead atoms. The summed E-state index contributed by atoms with van der Waals surface area (Å²) in [6, 6.07) is 0. The lowest BCUT2D eigenvalue weighted by Crippen LogP contribution is -2.18. The van der Waals surface area contributed by atoms with Crippen LogP contribution >= 0.6 is 0 Å². The first-order valence-electron chi connectivity index (χ1n) is 3.30. The number of hydrogen-bond acceptors (Lipinski definition) is 3. The van der Waals surface area contributed by atoms with Crippen LogP contribution in [0.4, 0.5) is 0 Å². The van der Waals surface area contributed by atoms with Gasteiger partial charge in [-0.3, -0.25) is 9.59 Å². The van der Waals surface area contributed by atoms with Crippen molar-refractivity contribution in [1.29, 1.82) is 0 Å². The zero-order valence-corrected chi connectivity index (χ0v) is 6.09. The van der Waals surface area contributed by atoms with Crippen molar-refractivity contribution >= 4 is 11.8 Å². The molecule has 1 saturated heterocycles. The van der Waals surface area contributed by atoms with Crippen LogP contribution < -0.4 is 0 Å². The molecule has 0 aliphatic carbocycles. The molecule has 1 fully saturated rings. The number of esters is 1. The van der Waals surface area contributed by atoms with E-state index in [1.165, 1.54) is 6.92 Å². The number of hydrogen-bond donors (Lipinski definition) is 0. The molecular formula is C7H10O3. The van der Waals surface area contributed by atoms with Gasteiger partial charge in [-0.25, -0.2) is 0 Å². The summed E-state index contributed by atoms with van der Waals surface area (Å²) < 4.78 is 4.68. The van der Waals surface area contributed by atoms with Gasteiger partial charge in [-0.2, -0.15) is 0 Å². The molecule has 3 heteroatoms. The van der Waals surface area contributed by atoms with Gasteiger partial charge in [0.15, 0.2) is 0 Å². The Morgan fingerprint density at radius 1 is 1.70 bits per heavy atom. The van der Waals surface area contributed by atoms with E-state index in [-0.39, 0.29) is 30.2 Å². The van der Waals surface area contributed by atoms with Crippen molar-refractivity contribution in [2.75, 3.05) is 6.61 Å². The minimum atomic E-state index is -0.250. The van der Waals surface area contributed by atoms with E-state index in [1.54, 1.807) is 6.92 Å². The van der Waals surface area contributed by atoms with E-state index in [2.05, 4.69) is 4.74 Å². The van der Waals surface area contributed by atoms with Gasteiger partial charge in [-0.1, -0.05) is 6.92 Å². The molecule has 1 rings (SSSR count). The van der Waals surface area contributed by atoms with Crippen LogP contribution in [0, 0.1) is 11.8 Å². The summed E-state index contributed by atoms with van der Waals surface area (Å²) in [4.78, 5) is 21.5. The Bertz CT molecular complexity index is 174. The van der Waals surface area contributed by atoms with Crippen LogP contribution in [0.3, 0.4) is 0 Å². The number of carbonyl (C=O) groups is 2. The second kappa shape index (κ2) is 2.40. The Morgan fingerprint density at radius 2 is 2.30 bits per heavy atom. The molecule has 3 nitrogen and oxygen atoms in total. The summed E-state index contributed by atoms with van der Waals surface area (Å²) in [5, 5.41) is 0. The molecule has 0 radical (unpaired) electrons. The molecule has 0 aromatic heterocycles. The molecule has 56 valence electrons. The molecule has 1 aliphatic heterocycles. The second-order valence-electron chi connectivity index (χ2n) is 2.64. The van der Waals surface area contributed by atoms with Gasteiger partial charge in [-0.05, 0) is 6.92 Å². The molecular weight excluding hydrogens is 132 g/mol. The van der Waals surface area contributed by atoms with Crippen molar-refractivity contribution in [3.63, 3.8) is 0 Å². The summed E-state index contributed by atoms with van der Waals surface area (Å²) in [5.41, 5.74) is 0. The number of Topliss-reactive ketones (excluding diaryl/α,β-unsaturated/α-hetero) is 1. The molecule has 2 atom stereocenters. The third-order valence-corrected chi connectivity index (χ3v) is 1.90. The zero-order chi connectivity index (χ0) is 7.72. The van der Waals surface area contributed by atoms with E-state index >= 15 is 0 Å². The van der Waals surface area contributed by atoms with Gasteiger partial charge < -0.3 is 4.74 Å². The van der Waals surface area contributed by atoms with Crippen LogP contribution in [0.1, 0.15) is 13.8 Å². The van der Waals surface area contributed by atoms with E-state index < -0.39 is 0 Å². The number of cyclic esters (lactones) is 1. The monoisotopic (exact) mass is 142 g/mol. The third-order valence-electron chi connectivity index (χ3n) is 1.90. The summed E-state index contributed by atoms with van der Waals surface area (Å²) >= 11 is 0. The van der Waals surface area contributed by atoms with E-state index in [0.29, 0.717) is 0 Å². The maximum absolute atomic E-state index is 10.8. The first kappa shape index (κ1) is 7.25. The molecule has 0 amide bonds. The Balaban J connectivity index is 2.66. The van der Waals surface area contributed by atoms with Gasteiger partial charge in [0.25, 0.3) is 0 Å². The highest BCUT2D eigenvalue weighted by Crippen LogP contribution is 2.21. The Labute approximate surface area is 59.4 Å². The smallest absolute Gasteiger partial charge is 0.309 e. The largest absolute Gasteiger partial charge is 0.465 e. The van der Waals surface area contributed by atoms with E-state index in [0.717, 1.165) is 0 Å². The third kappa shape index (κ3) is 1.03. The average molecular weight is 142 g/mol. The predicted octanol–water partition coefficient (Wildman–Crippen LogP) is 0.384. The summed E-state index contributed by atoms with van der Waals surface area (Å²) in [6.07, 6.45) is 0.